The Morgan fingerprint density at radius 3 is 2.45 bits per heavy atom. The van der Waals surface area contributed by atoms with Crippen LogP contribution in [-0.2, 0) is 14.8 Å². The molecule has 1 amide bonds. The summed E-state index contributed by atoms with van der Waals surface area (Å²) in [6, 6.07) is 20.5. The maximum atomic E-state index is 13.4. The third-order valence-electron chi connectivity index (χ3n) is 5.25. The molecule has 4 rings (SSSR count). The molecule has 0 aliphatic rings. The van der Waals surface area contributed by atoms with Crippen molar-refractivity contribution in [3.05, 3.63) is 99.7 Å². The molecule has 38 heavy (non-hydrogen) atoms. The summed E-state index contributed by atoms with van der Waals surface area (Å²) in [4.78, 5) is 12.8. The van der Waals surface area contributed by atoms with Gasteiger partial charge in [0, 0.05) is 10.6 Å². The molecule has 0 saturated carbocycles. The Bertz CT molecular complexity index is 1590. The van der Waals surface area contributed by atoms with Crippen molar-refractivity contribution in [2.24, 2.45) is 5.10 Å². The van der Waals surface area contributed by atoms with Crippen LogP contribution in [0.2, 0.25) is 15.1 Å². The van der Waals surface area contributed by atoms with Crippen molar-refractivity contribution < 1.29 is 22.4 Å². The molecule has 0 bridgehead atoms. The first-order chi connectivity index (χ1) is 18.2. The summed E-state index contributed by atoms with van der Waals surface area (Å²) < 4.78 is 38.6. The molecule has 0 aliphatic carbocycles. The van der Waals surface area contributed by atoms with Crippen LogP contribution in [0.1, 0.15) is 5.76 Å². The average molecular weight is 593 g/mol. The highest BCUT2D eigenvalue weighted by atomic mass is 35.5. The highest BCUT2D eigenvalue weighted by Crippen LogP contribution is 2.32. The van der Waals surface area contributed by atoms with Crippen molar-refractivity contribution in [2.45, 2.75) is 4.90 Å². The lowest BCUT2D eigenvalue weighted by Gasteiger charge is -2.24. The number of hydrazone groups is 1. The van der Waals surface area contributed by atoms with Gasteiger partial charge in [-0.25, -0.2) is 13.8 Å². The third kappa shape index (κ3) is 6.31. The number of rotatable bonds is 9. The van der Waals surface area contributed by atoms with Crippen LogP contribution in [0.3, 0.4) is 0 Å². The predicted molar refractivity (Wildman–Crippen MR) is 149 cm³/mol. The fourth-order valence-electron chi connectivity index (χ4n) is 3.44. The minimum atomic E-state index is -4.12. The predicted octanol–water partition coefficient (Wildman–Crippen LogP) is 6.26. The lowest BCUT2D eigenvalue weighted by molar-refractivity contribution is -0.119. The van der Waals surface area contributed by atoms with E-state index in [4.69, 9.17) is 44.0 Å². The highest BCUT2D eigenvalue weighted by Gasteiger charge is 2.27. The van der Waals surface area contributed by atoms with E-state index in [1.807, 2.05) is 0 Å². The summed E-state index contributed by atoms with van der Waals surface area (Å²) in [5.74, 6) is 0.484. The van der Waals surface area contributed by atoms with E-state index < -0.39 is 22.5 Å². The van der Waals surface area contributed by atoms with Crippen molar-refractivity contribution in [1.82, 2.24) is 5.43 Å². The van der Waals surface area contributed by atoms with Gasteiger partial charge in [0.05, 0.1) is 34.0 Å². The Morgan fingerprint density at radius 2 is 1.76 bits per heavy atom. The Morgan fingerprint density at radius 1 is 1.00 bits per heavy atom. The van der Waals surface area contributed by atoms with Crippen molar-refractivity contribution in [2.75, 3.05) is 18.0 Å². The monoisotopic (exact) mass is 591 g/mol. The molecule has 12 heteroatoms. The van der Waals surface area contributed by atoms with E-state index in [2.05, 4.69) is 10.5 Å². The summed E-state index contributed by atoms with van der Waals surface area (Å²) >= 11 is 18.4. The minimum Gasteiger partial charge on any atom is -0.495 e. The van der Waals surface area contributed by atoms with Crippen LogP contribution >= 0.6 is 34.8 Å². The lowest BCUT2D eigenvalue weighted by Crippen LogP contribution is -2.39. The normalized spacial score (nSPS) is 11.5. The maximum absolute atomic E-state index is 13.4. The molecular formula is C26H20Cl3N3O5S. The first-order valence-electron chi connectivity index (χ1n) is 11.0. The lowest BCUT2D eigenvalue weighted by atomic mass is 10.2. The number of ether oxygens (including phenoxy) is 1. The highest BCUT2D eigenvalue weighted by molar-refractivity contribution is 7.92. The number of nitrogens with one attached hydrogen (secondary N) is 1. The fourth-order valence-corrected chi connectivity index (χ4v) is 5.62. The van der Waals surface area contributed by atoms with Crippen LogP contribution in [0.15, 0.2) is 93.3 Å². The average Bonchev–Trinajstić information content (AvgIpc) is 3.36. The molecule has 0 unspecified atom stereocenters. The topological polar surface area (TPSA) is 101 Å². The molecule has 8 nitrogen and oxygen atoms in total. The second-order valence-corrected chi connectivity index (χ2v) is 10.9. The van der Waals surface area contributed by atoms with Crippen LogP contribution in [0.4, 0.5) is 5.69 Å². The molecule has 0 atom stereocenters. The van der Waals surface area contributed by atoms with Crippen LogP contribution in [0.5, 0.6) is 5.75 Å². The standard InChI is InChI=1S/C26H20Cl3N3O5S/c1-36-25-11-8-18(14-23(25)29)32(38(34,35)20-5-3-2-4-6-20)16-26(33)31-30-15-19-9-12-24(37-19)21-10-7-17(27)13-22(21)28/h2-15H,16H2,1H3,(H,31,33)/b30-15-. The van der Waals surface area contributed by atoms with Crippen molar-refractivity contribution >= 4 is 62.6 Å². The Hall–Kier alpha value is -3.50. The van der Waals surface area contributed by atoms with Crippen LogP contribution in [0.25, 0.3) is 11.3 Å². The Kier molecular flexibility index (Phi) is 8.63. The molecule has 4 aromatic rings. The first kappa shape index (κ1) is 27.5. The number of anilines is 1. The summed E-state index contributed by atoms with van der Waals surface area (Å²) in [5.41, 5.74) is 3.14. The first-order valence-corrected chi connectivity index (χ1v) is 13.5. The smallest absolute Gasteiger partial charge is 0.264 e. The molecule has 0 spiro atoms. The molecule has 0 radical (unpaired) electrons. The second kappa shape index (κ2) is 11.9. The number of hydrogen-bond acceptors (Lipinski definition) is 6. The van der Waals surface area contributed by atoms with Crippen LogP contribution in [0, 0.1) is 0 Å². The van der Waals surface area contributed by atoms with Gasteiger partial charge in [-0.15, -0.1) is 0 Å². The number of carbonyl (C=O) groups is 1. The number of sulfonamides is 1. The molecule has 3 aromatic carbocycles. The summed E-state index contributed by atoms with van der Waals surface area (Å²) in [6.07, 6.45) is 1.28. The number of amides is 1. The summed E-state index contributed by atoms with van der Waals surface area (Å²) in [7, 11) is -2.68. The van der Waals surface area contributed by atoms with Gasteiger partial charge in [-0.05, 0) is 60.7 Å². The van der Waals surface area contributed by atoms with E-state index in [1.165, 1.54) is 43.7 Å². The maximum Gasteiger partial charge on any atom is 0.264 e. The number of furan rings is 1. The minimum absolute atomic E-state index is 0.00668. The van der Waals surface area contributed by atoms with Crippen molar-refractivity contribution in [1.29, 1.82) is 0 Å². The number of benzene rings is 3. The molecule has 0 fully saturated rings. The molecule has 196 valence electrons. The van der Waals surface area contributed by atoms with Gasteiger partial charge in [0.25, 0.3) is 15.9 Å². The zero-order chi connectivity index (χ0) is 27.3. The van der Waals surface area contributed by atoms with Gasteiger partial charge in [0.2, 0.25) is 0 Å². The SMILES string of the molecule is COc1ccc(N(CC(=O)N/N=C\c2ccc(-c3ccc(Cl)cc3Cl)o2)S(=O)(=O)c2ccccc2)cc1Cl. The Labute approximate surface area is 234 Å². The van der Waals surface area contributed by atoms with Crippen molar-refractivity contribution in [3.8, 4) is 17.1 Å². The number of hydrogen-bond donors (Lipinski definition) is 1. The van der Waals surface area contributed by atoms with Gasteiger partial charge in [0.1, 0.15) is 23.8 Å². The van der Waals surface area contributed by atoms with E-state index in [0.29, 0.717) is 32.9 Å². The Balaban J connectivity index is 1.52. The number of nitrogens with zero attached hydrogens (tertiary/aromatic N) is 2. The van der Waals surface area contributed by atoms with Gasteiger partial charge < -0.3 is 9.15 Å². The molecule has 1 N–H and O–H groups in total. The number of methoxy groups -OCH3 is 1. The van der Waals surface area contributed by atoms with Gasteiger partial charge in [-0.2, -0.15) is 5.10 Å². The fraction of sp³-hybridized carbons (Fsp3) is 0.0769. The van der Waals surface area contributed by atoms with Crippen LogP contribution < -0.4 is 14.5 Å². The quantitative estimate of drug-likeness (QED) is 0.183. The van der Waals surface area contributed by atoms with Gasteiger partial charge >= 0.3 is 0 Å². The van der Waals surface area contributed by atoms with Gasteiger partial charge in [0.15, 0.2) is 0 Å². The van der Waals surface area contributed by atoms with Crippen molar-refractivity contribution in [3.63, 3.8) is 0 Å². The van der Waals surface area contributed by atoms with Gasteiger partial charge in [-0.1, -0.05) is 53.0 Å². The molecule has 0 aliphatic heterocycles. The van der Waals surface area contributed by atoms with E-state index >= 15 is 0 Å². The van der Waals surface area contributed by atoms with Crippen LogP contribution in [-0.4, -0.2) is 34.2 Å². The number of halogens is 3. The van der Waals surface area contributed by atoms with E-state index in [1.54, 1.807) is 48.5 Å². The molecule has 1 aromatic heterocycles. The van der Waals surface area contributed by atoms with E-state index in [9.17, 15) is 13.2 Å². The molecule has 1 heterocycles. The van der Waals surface area contributed by atoms with E-state index in [-0.39, 0.29) is 15.6 Å². The molecule has 0 saturated heterocycles. The van der Waals surface area contributed by atoms with E-state index in [0.717, 1.165) is 4.31 Å². The zero-order valence-corrected chi connectivity index (χ0v) is 22.9. The largest absolute Gasteiger partial charge is 0.495 e. The zero-order valence-electron chi connectivity index (χ0n) is 19.8. The second-order valence-electron chi connectivity index (χ2n) is 7.76. The van der Waals surface area contributed by atoms with Gasteiger partial charge in [-0.3, -0.25) is 9.10 Å². The third-order valence-corrected chi connectivity index (χ3v) is 7.88. The summed E-state index contributed by atoms with van der Waals surface area (Å²) in [6.45, 7) is -0.568. The summed E-state index contributed by atoms with van der Waals surface area (Å²) in [5, 5.41) is 4.99. The number of carbonyl (C=O) groups excluding carboxylic acids is 1. The molecular weight excluding hydrogens is 573 g/mol.